The first-order valence-corrected chi connectivity index (χ1v) is 5.23. The molecule has 1 fully saturated rings. The average Bonchev–Trinajstić information content (AvgIpc) is 2.26. The number of nitrogens with one attached hydrogen (secondary N) is 1. The first-order chi connectivity index (χ1) is 6.77. The molecule has 0 radical (unpaired) electrons. The van der Waals surface area contributed by atoms with Gasteiger partial charge in [-0.25, -0.2) is 0 Å². The van der Waals surface area contributed by atoms with Crippen molar-refractivity contribution in [1.82, 2.24) is 10.2 Å². The summed E-state index contributed by atoms with van der Waals surface area (Å²) in [6, 6.07) is 0. The van der Waals surface area contributed by atoms with E-state index in [1.54, 1.807) is 7.11 Å². The van der Waals surface area contributed by atoms with Crippen molar-refractivity contribution in [3.63, 3.8) is 0 Å². The van der Waals surface area contributed by atoms with E-state index in [4.69, 9.17) is 4.74 Å². The van der Waals surface area contributed by atoms with Gasteiger partial charge in [0, 0.05) is 33.2 Å². The lowest BCUT2D eigenvalue weighted by Gasteiger charge is -2.32. The molecule has 1 heterocycles. The van der Waals surface area contributed by atoms with Crippen LogP contribution < -0.4 is 5.32 Å². The zero-order chi connectivity index (χ0) is 10.4. The number of ether oxygens (including phenoxy) is 1. The minimum atomic E-state index is 0.237. The Hall–Kier alpha value is -0.610. The quantitative estimate of drug-likeness (QED) is 0.706. The van der Waals surface area contributed by atoms with Crippen molar-refractivity contribution in [3.8, 4) is 0 Å². The summed E-state index contributed by atoms with van der Waals surface area (Å²) >= 11 is 0. The largest absolute Gasteiger partial charge is 0.380 e. The van der Waals surface area contributed by atoms with Gasteiger partial charge in [0.05, 0.1) is 6.10 Å². The normalized spacial score (nSPS) is 22.4. The second-order valence-corrected chi connectivity index (χ2v) is 3.69. The Kier molecular flexibility index (Phi) is 4.90. The summed E-state index contributed by atoms with van der Waals surface area (Å²) in [5.41, 5.74) is 0. The maximum absolute atomic E-state index is 11.6. The Morgan fingerprint density at radius 3 is 3.07 bits per heavy atom. The van der Waals surface area contributed by atoms with E-state index in [0.717, 1.165) is 32.5 Å². The maximum Gasteiger partial charge on any atom is 0.223 e. The van der Waals surface area contributed by atoms with Gasteiger partial charge < -0.3 is 15.0 Å². The number of piperidine rings is 1. The zero-order valence-corrected chi connectivity index (χ0v) is 9.08. The van der Waals surface area contributed by atoms with Crippen LogP contribution in [0.3, 0.4) is 0 Å². The summed E-state index contributed by atoms with van der Waals surface area (Å²) < 4.78 is 5.27. The third kappa shape index (κ3) is 3.27. The van der Waals surface area contributed by atoms with Crippen molar-refractivity contribution >= 4 is 5.91 Å². The van der Waals surface area contributed by atoms with Gasteiger partial charge in [-0.2, -0.15) is 0 Å². The molecule has 82 valence electrons. The molecule has 0 aromatic rings. The minimum Gasteiger partial charge on any atom is -0.380 e. The van der Waals surface area contributed by atoms with Crippen LogP contribution in [-0.2, 0) is 9.53 Å². The number of likely N-dealkylation sites (tertiary alicyclic amines) is 1. The second kappa shape index (κ2) is 5.98. The van der Waals surface area contributed by atoms with Crippen LogP contribution in [0.5, 0.6) is 0 Å². The topological polar surface area (TPSA) is 41.6 Å². The van der Waals surface area contributed by atoms with Gasteiger partial charge in [0.1, 0.15) is 0 Å². The Labute approximate surface area is 85.6 Å². The van der Waals surface area contributed by atoms with Gasteiger partial charge in [0.2, 0.25) is 5.91 Å². The summed E-state index contributed by atoms with van der Waals surface area (Å²) in [5.74, 6) is 0.237. The Balaban J connectivity index is 2.31. The first-order valence-electron chi connectivity index (χ1n) is 5.23. The highest BCUT2D eigenvalue weighted by Gasteiger charge is 2.22. The molecule has 0 saturated carbocycles. The van der Waals surface area contributed by atoms with Crippen LogP contribution in [0.4, 0.5) is 0 Å². The Bertz CT molecular complexity index is 185. The van der Waals surface area contributed by atoms with E-state index in [1.165, 1.54) is 0 Å². The zero-order valence-electron chi connectivity index (χ0n) is 9.08. The van der Waals surface area contributed by atoms with Gasteiger partial charge in [0.25, 0.3) is 0 Å². The fourth-order valence-corrected chi connectivity index (χ4v) is 1.75. The number of carbonyl (C=O) groups excluding carboxylic acids is 1. The molecule has 0 aromatic carbocycles. The molecule has 0 aromatic heterocycles. The highest BCUT2D eigenvalue weighted by atomic mass is 16.5. The van der Waals surface area contributed by atoms with E-state index in [0.29, 0.717) is 6.42 Å². The molecule has 1 atom stereocenters. The monoisotopic (exact) mass is 200 g/mol. The summed E-state index contributed by atoms with van der Waals surface area (Å²) in [6.45, 7) is 2.41. The van der Waals surface area contributed by atoms with Crippen LogP contribution in [0, 0.1) is 0 Å². The third-order valence-electron chi connectivity index (χ3n) is 2.65. The van der Waals surface area contributed by atoms with Gasteiger partial charge in [-0.3, -0.25) is 4.79 Å². The summed E-state index contributed by atoms with van der Waals surface area (Å²) in [6.07, 6.45) is 2.96. The van der Waals surface area contributed by atoms with E-state index in [2.05, 4.69) is 5.32 Å². The number of methoxy groups -OCH3 is 1. The molecule has 4 heteroatoms. The second-order valence-electron chi connectivity index (χ2n) is 3.69. The third-order valence-corrected chi connectivity index (χ3v) is 2.65. The molecular weight excluding hydrogens is 180 g/mol. The van der Waals surface area contributed by atoms with Crippen LogP contribution in [0.2, 0.25) is 0 Å². The van der Waals surface area contributed by atoms with Crippen molar-refractivity contribution < 1.29 is 9.53 Å². The molecule has 1 aliphatic heterocycles. The molecule has 1 rings (SSSR count). The molecule has 0 bridgehead atoms. The molecule has 14 heavy (non-hydrogen) atoms. The van der Waals surface area contributed by atoms with Gasteiger partial charge in [-0.15, -0.1) is 0 Å². The number of rotatable bonds is 4. The average molecular weight is 200 g/mol. The maximum atomic E-state index is 11.6. The molecule has 1 N–H and O–H groups in total. The Morgan fingerprint density at radius 2 is 2.43 bits per heavy atom. The number of amides is 1. The van der Waals surface area contributed by atoms with E-state index in [1.807, 2.05) is 11.9 Å². The number of nitrogens with zero attached hydrogens (tertiary/aromatic N) is 1. The highest BCUT2D eigenvalue weighted by molar-refractivity contribution is 5.76. The van der Waals surface area contributed by atoms with Crippen molar-refractivity contribution in [2.24, 2.45) is 0 Å². The van der Waals surface area contributed by atoms with Gasteiger partial charge >= 0.3 is 0 Å². The van der Waals surface area contributed by atoms with Crippen molar-refractivity contribution in [2.45, 2.75) is 25.4 Å². The van der Waals surface area contributed by atoms with Crippen LogP contribution in [0.15, 0.2) is 0 Å². The predicted octanol–water partition coefficient (Wildman–Crippen LogP) is 0.233. The lowest BCUT2D eigenvalue weighted by molar-refractivity contribution is -0.134. The highest BCUT2D eigenvalue weighted by Crippen LogP contribution is 2.13. The van der Waals surface area contributed by atoms with Crippen molar-refractivity contribution in [1.29, 1.82) is 0 Å². The van der Waals surface area contributed by atoms with Crippen molar-refractivity contribution in [3.05, 3.63) is 0 Å². The van der Waals surface area contributed by atoms with E-state index >= 15 is 0 Å². The molecule has 0 spiro atoms. The van der Waals surface area contributed by atoms with Crippen LogP contribution in [-0.4, -0.2) is 50.7 Å². The fourth-order valence-electron chi connectivity index (χ4n) is 1.75. The molecule has 4 nitrogen and oxygen atoms in total. The molecule has 1 saturated heterocycles. The lowest BCUT2D eigenvalue weighted by atomic mass is 10.1. The van der Waals surface area contributed by atoms with E-state index in [9.17, 15) is 4.79 Å². The molecule has 1 aliphatic rings. The Morgan fingerprint density at radius 1 is 1.64 bits per heavy atom. The number of hydrogen-bond donors (Lipinski definition) is 1. The summed E-state index contributed by atoms with van der Waals surface area (Å²) in [7, 11) is 3.58. The SMILES string of the molecule is CNCCC(=O)N1CCCC(OC)C1. The van der Waals surface area contributed by atoms with Gasteiger partial charge in [-0.1, -0.05) is 0 Å². The van der Waals surface area contributed by atoms with E-state index < -0.39 is 0 Å². The molecule has 1 amide bonds. The summed E-state index contributed by atoms with van der Waals surface area (Å²) in [4.78, 5) is 13.6. The summed E-state index contributed by atoms with van der Waals surface area (Å²) in [5, 5.41) is 2.98. The number of hydrogen-bond acceptors (Lipinski definition) is 3. The fraction of sp³-hybridized carbons (Fsp3) is 0.900. The van der Waals surface area contributed by atoms with Gasteiger partial charge in [0.15, 0.2) is 0 Å². The van der Waals surface area contributed by atoms with Gasteiger partial charge in [-0.05, 0) is 19.9 Å². The first kappa shape index (κ1) is 11.5. The van der Waals surface area contributed by atoms with Crippen LogP contribution in [0.1, 0.15) is 19.3 Å². The predicted molar refractivity (Wildman–Crippen MR) is 55.2 cm³/mol. The standard InChI is InChI=1S/C10H20N2O2/c1-11-6-5-10(13)12-7-3-4-9(8-12)14-2/h9,11H,3-8H2,1-2H3. The van der Waals surface area contributed by atoms with Crippen LogP contribution >= 0.6 is 0 Å². The van der Waals surface area contributed by atoms with Crippen LogP contribution in [0.25, 0.3) is 0 Å². The molecule has 1 unspecified atom stereocenters. The van der Waals surface area contributed by atoms with E-state index in [-0.39, 0.29) is 12.0 Å². The number of carbonyl (C=O) groups is 1. The smallest absolute Gasteiger partial charge is 0.223 e. The van der Waals surface area contributed by atoms with Crippen molar-refractivity contribution in [2.75, 3.05) is 33.8 Å². The molecular formula is C10H20N2O2. The minimum absolute atomic E-state index is 0.237. The molecule has 0 aliphatic carbocycles. The lowest BCUT2D eigenvalue weighted by Crippen LogP contribution is -2.43.